The minimum absolute atomic E-state index is 0. The van der Waals surface area contributed by atoms with Crippen molar-refractivity contribution in [2.45, 2.75) is 39.0 Å². The van der Waals surface area contributed by atoms with Crippen molar-refractivity contribution in [3.8, 4) is 0 Å². The largest absolute Gasteiger partial charge is 0.355 e. The molecule has 0 spiro atoms. The second kappa shape index (κ2) is 12.0. The molecule has 2 heterocycles. The van der Waals surface area contributed by atoms with Crippen LogP contribution in [0.15, 0.2) is 72.0 Å². The van der Waals surface area contributed by atoms with E-state index in [9.17, 15) is 0 Å². The standard InChI is InChI=1S/C25H32N6.HI/c1-20(30-15-12-21-8-3-5-10-23(21)18-30)16-27-25(26-2)28-17-22-9-4-6-11-24(22)19-31-14-7-13-29-31;/h3-11,13-14,20H,12,15-19H2,1-2H3,(H2,26,27,28);1H. The molecule has 0 fully saturated rings. The predicted octanol–water partition coefficient (Wildman–Crippen LogP) is 3.66. The van der Waals surface area contributed by atoms with Gasteiger partial charge in [0.05, 0.1) is 6.54 Å². The van der Waals surface area contributed by atoms with E-state index >= 15 is 0 Å². The average Bonchev–Trinajstić information content (AvgIpc) is 3.32. The maximum Gasteiger partial charge on any atom is 0.191 e. The second-order valence-corrected chi connectivity index (χ2v) is 8.12. The summed E-state index contributed by atoms with van der Waals surface area (Å²) in [5.41, 5.74) is 5.46. The van der Waals surface area contributed by atoms with Gasteiger partial charge in [0.2, 0.25) is 0 Å². The normalized spacial score (nSPS) is 14.9. The van der Waals surface area contributed by atoms with Gasteiger partial charge in [-0.05, 0) is 41.7 Å². The molecular weight excluding hydrogens is 511 g/mol. The fourth-order valence-corrected chi connectivity index (χ4v) is 4.12. The fourth-order valence-electron chi connectivity index (χ4n) is 4.12. The van der Waals surface area contributed by atoms with Crippen LogP contribution < -0.4 is 10.6 Å². The Kier molecular flexibility index (Phi) is 9.11. The van der Waals surface area contributed by atoms with Crippen molar-refractivity contribution in [3.63, 3.8) is 0 Å². The van der Waals surface area contributed by atoms with E-state index in [2.05, 4.69) is 81.1 Å². The van der Waals surface area contributed by atoms with Crippen LogP contribution in [0.3, 0.4) is 0 Å². The molecule has 0 amide bonds. The molecule has 0 saturated heterocycles. The molecule has 170 valence electrons. The number of aromatic nitrogens is 2. The van der Waals surface area contributed by atoms with Crippen LogP contribution in [0.2, 0.25) is 0 Å². The topological polar surface area (TPSA) is 57.5 Å². The molecule has 3 aromatic rings. The van der Waals surface area contributed by atoms with Crippen molar-refractivity contribution in [1.29, 1.82) is 0 Å². The van der Waals surface area contributed by atoms with Crippen molar-refractivity contribution in [1.82, 2.24) is 25.3 Å². The molecule has 1 aliphatic rings. The molecule has 0 bridgehead atoms. The van der Waals surface area contributed by atoms with Crippen LogP contribution in [0.5, 0.6) is 0 Å². The Balaban J connectivity index is 0.00000289. The van der Waals surface area contributed by atoms with E-state index in [-0.39, 0.29) is 24.0 Å². The molecule has 0 radical (unpaired) electrons. The molecule has 1 atom stereocenters. The number of nitrogens with zero attached hydrogens (tertiary/aromatic N) is 4. The molecular formula is C25H33IN6. The first-order chi connectivity index (χ1) is 15.2. The molecule has 0 aliphatic carbocycles. The lowest BCUT2D eigenvalue weighted by molar-refractivity contribution is 0.191. The number of hydrogen-bond acceptors (Lipinski definition) is 3. The van der Waals surface area contributed by atoms with Crippen LogP contribution in [-0.4, -0.2) is 46.8 Å². The highest BCUT2D eigenvalue weighted by molar-refractivity contribution is 14.0. The molecule has 0 saturated carbocycles. The van der Waals surface area contributed by atoms with Crippen LogP contribution in [0, 0.1) is 0 Å². The molecule has 1 aromatic heterocycles. The average molecular weight is 544 g/mol. The van der Waals surface area contributed by atoms with Gasteiger partial charge in [0.1, 0.15) is 0 Å². The van der Waals surface area contributed by atoms with Crippen molar-refractivity contribution in [2.75, 3.05) is 20.1 Å². The van der Waals surface area contributed by atoms with Gasteiger partial charge >= 0.3 is 0 Å². The van der Waals surface area contributed by atoms with Gasteiger partial charge in [0.15, 0.2) is 5.96 Å². The number of nitrogens with one attached hydrogen (secondary N) is 2. The number of halogens is 1. The molecule has 7 heteroatoms. The number of benzene rings is 2. The Hall–Kier alpha value is -2.39. The van der Waals surface area contributed by atoms with E-state index in [0.717, 1.165) is 45.1 Å². The molecule has 32 heavy (non-hydrogen) atoms. The van der Waals surface area contributed by atoms with Gasteiger partial charge in [-0.3, -0.25) is 14.6 Å². The van der Waals surface area contributed by atoms with Crippen LogP contribution in [0.4, 0.5) is 0 Å². The Morgan fingerprint density at radius 3 is 2.53 bits per heavy atom. The van der Waals surface area contributed by atoms with Gasteiger partial charge in [-0.1, -0.05) is 48.5 Å². The number of hydrogen-bond donors (Lipinski definition) is 2. The van der Waals surface area contributed by atoms with Gasteiger partial charge in [0, 0.05) is 51.7 Å². The van der Waals surface area contributed by atoms with Gasteiger partial charge in [-0.25, -0.2) is 0 Å². The zero-order valence-corrected chi connectivity index (χ0v) is 21.2. The zero-order chi connectivity index (χ0) is 21.5. The summed E-state index contributed by atoms with van der Waals surface area (Å²) >= 11 is 0. The Morgan fingerprint density at radius 2 is 1.78 bits per heavy atom. The van der Waals surface area contributed by atoms with Crippen molar-refractivity contribution >= 4 is 29.9 Å². The molecule has 1 unspecified atom stereocenters. The van der Waals surface area contributed by atoms with E-state index < -0.39 is 0 Å². The third-order valence-electron chi connectivity index (χ3n) is 6.03. The Bertz CT molecular complexity index is 1000. The molecule has 2 aromatic carbocycles. The summed E-state index contributed by atoms with van der Waals surface area (Å²) in [6.07, 6.45) is 4.93. The summed E-state index contributed by atoms with van der Waals surface area (Å²) in [7, 11) is 1.83. The lowest BCUT2D eigenvalue weighted by Gasteiger charge is -2.34. The summed E-state index contributed by atoms with van der Waals surface area (Å²) in [5, 5.41) is 11.3. The summed E-state index contributed by atoms with van der Waals surface area (Å²) in [6.45, 7) is 6.76. The third-order valence-corrected chi connectivity index (χ3v) is 6.03. The Labute approximate surface area is 208 Å². The lowest BCUT2D eigenvalue weighted by Crippen LogP contribution is -2.47. The molecule has 2 N–H and O–H groups in total. The maximum atomic E-state index is 4.42. The summed E-state index contributed by atoms with van der Waals surface area (Å²) in [5.74, 6) is 0.832. The van der Waals surface area contributed by atoms with E-state index in [0.29, 0.717) is 6.04 Å². The van der Waals surface area contributed by atoms with E-state index in [4.69, 9.17) is 0 Å². The zero-order valence-electron chi connectivity index (χ0n) is 18.9. The lowest BCUT2D eigenvalue weighted by atomic mass is 9.99. The van der Waals surface area contributed by atoms with Gasteiger partial charge in [0.25, 0.3) is 0 Å². The van der Waals surface area contributed by atoms with Crippen molar-refractivity contribution in [3.05, 3.63) is 89.2 Å². The molecule has 1 aliphatic heterocycles. The van der Waals surface area contributed by atoms with Crippen LogP contribution >= 0.6 is 24.0 Å². The maximum absolute atomic E-state index is 4.42. The number of rotatable bonds is 7. The van der Waals surface area contributed by atoms with E-state index in [1.807, 2.05) is 30.2 Å². The predicted molar refractivity (Wildman–Crippen MR) is 141 cm³/mol. The van der Waals surface area contributed by atoms with Gasteiger partial charge in [-0.15, -0.1) is 24.0 Å². The first-order valence-corrected chi connectivity index (χ1v) is 11.0. The first-order valence-electron chi connectivity index (χ1n) is 11.0. The summed E-state index contributed by atoms with van der Waals surface area (Å²) < 4.78 is 1.95. The highest BCUT2D eigenvalue weighted by atomic mass is 127. The van der Waals surface area contributed by atoms with Crippen LogP contribution in [0.1, 0.15) is 29.2 Å². The minimum Gasteiger partial charge on any atom is -0.355 e. The van der Waals surface area contributed by atoms with E-state index in [1.54, 1.807) is 0 Å². The van der Waals surface area contributed by atoms with Crippen molar-refractivity contribution in [2.24, 2.45) is 4.99 Å². The smallest absolute Gasteiger partial charge is 0.191 e. The van der Waals surface area contributed by atoms with Crippen molar-refractivity contribution < 1.29 is 0 Å². The SMILES string of the molecule is CN=C(NCc1ccccc1Cn1cccn1)NCC(C)N1CCc2ccccc2C1.I. The summed E-state index contributed by atoms with van der Waals surface area (Å²) in [6, 6.07) is 19.6. The van der Waals surface area contributed by atoms with E-state index in [1.165, 1.54) is 22.3 Å². The Morgan fingerprint density at radius 1 is 1.03 bits per heavy atom. The molecule has 6 nitrogen and oxygen atoms in total. The number of aliphatic imine (C=N–C) groups is 1. The quantitative estimate of drug-likeness (QED) is 0.271. The monoisotopic (exact) mass is 544 g/mol. The second-order valence-electron chi connectivity index (χ2n) is 8.12. The minimum atomic E-state index is 0. The highest BCUT2D eigenvalue weighted by Gasteiger charge is 2.20. The number of guanidine groups is 1. The van der Waals surface area contributed by atoms with Gasteiger partial charge in [-0.2, -0.15) is 5.10 Å². The highest BCUT2D eigenvalue weighted by Crippen LogP contribution is 2.20. The van der Waals surface area contributed by atoms with Crippen LogP contribution in [0.25, 0.3) is 0 Å². The molecule has 4 rings (SSSR count). The fraction of sp³-hybridized carbons (Fsp3) is 0.360. The number of fused-ring (bicyclic) bond motifs is 1. The summed E-state index contributed by atoms with van der Waals surface area (Å²) in [4.78, 5) is 6.96. The third kappa shape index (κ3) is 6.32. The first kappa shape index (κ1) is 24.3. The van der Waals surface area contributed by atoms with Gasteiger partial charge < -0.3 is 10.6 Å². The van der Waals surface area contributed by atoms with Crippen LogP contribution in [-0.2, 0) is 26.1 Å².